The van der Waals surface area contributed by atoms with Gasteiger partial charge in [0.1, 0.15) is 22.8 Å². The van der Waals surface area contributed by atoms with E-state index in [4.69, 9.17) is 10.2 Å². The second-order valence-corrected chi connectivity index (χ2v) is 6.54. The highest BCUT2D eigenvalue weighted by Gasteiger charge is 2.24. The Morgan fingerprint density at radius 3 is 2.04 bits per heavy atom. The number of fused-ring (bicyclic) bond motifs is 2. The lowest BCUT2D eigenvalue weighted by Gasteiger charge is -2.20. The van der Waals surface area contributed by atoms with Crippen molar-refractivity contribution in [2.75, 3.05) is 0 Å². The Morgan fingerprint density at radius 1 is 0.667 bits per heavy atom. The van der Waals surface area contributed by atoms with E-state index in [1.54, 1.807) is 10.9 Å². The van der Waals surface area contributed by atoms with Crippen molar-refractivity contribution in [2.24, 2.45) is 0 Å². The summed E-state index contributed by atoms with van der Waals surface area (Å²) in [5.74, 6) is 0.240. The Balaban J connectivity index is 1.83. The summed E-state index contributed by atoms with van der Waals surface area (Å²) in [4.78, 5) is 1.71. The number of aromatic nitrogens is 3. The van der Waals surface area contributed by atoms with Crippen molar-refractivity contribution in [3.8, 4) is 5.75 Å². The number of benzene rings is 4. The van der Waals surface area contributed by atoms with Crippen LogP contribution >= 0.6 is 0 Å². The van der Waals surface area contributed by atoms with Crippen LogP contribution in [-0.2, 0) is 0 Å². The maximum atomic E-state index is 10.8. The quantitative estimate of drug-likeness (QED) is 0.501. The maximum Gasteiger partial charge on any atom is 0.126 e. The van der Waals surface area contributed by atoms with E-state index in [1.807, 2.05) is 84.9 Å². The van der Waals surface area contributed by atoms with Crippen molar-refractivity contribution in [3.63, 3.8) is 0 Å². The summed E-state index contributed by atoms with van der Waals surface area (Å²) in [6.45, 7) is 0. The molecule has 0 bridgehead atoms. The summed E-state index contributed by atoms with van der Waals surface area (Å²) >= 11 is 0. The number of phenols is 1. The van der Waals surface area contributed by atoms with Crippen LogP contribution in [0.2, 0.25) is 0 Å². The number of phenolic OH excluding ortho intramolecular Hbond substituents is 1. The predicted octanol–water partition coefficient (Wildman–Crippen LogP) is 4.93. The van der Waals surface area contributed by atoms with Crippen molar-refractivity contribution in [1.82, 2.24) is 15.0 Å². The predicted molar refractivity (Wildman–Crippen MR) is 107 cm³/mol. The van der Waals surface area contributed by atoms with Gasteiger partial charge >= 0.3 is 0 Å². The first-order valence-corrected chi connectivity index (χ1v) is 8.88. The Morgan fingerprint density at radius 2 is 1.30 bits per heavy atom. The lowest BCUT2D eigenvalue weighted by molar-refractivity contribution is 0.448. The van der Waals surface area contributed by atoms with E-state index in [2.05, 4.69) is 0 Å². The molecule has 0 spiro atoms. The zero-order chi connectivity index (χ0) is 18.2. The zero-order valence-corrected chi connectivity index (χ0v) is 14.5. The van der Waals surface area contributed by atoms with Crippen molar-refractivity contribution in [3.05, 3.63) is 102 Å². The van der Waals surface area contributed by atoms with Crippen molar-refractivity contribution < 1.29 is 5.11 Å². The van der Waals surface area contributed by atoms with Gasteiger partial charge in [-0.1, -0.05) is 72.8 Å². The van der Waals surface area contributed by atoms with Crippen molar-refractivity contribution >= 4 is 21.8 Å². The van der Waals surface area contributed by atoms with Gasteiger partial charge in [0.2, 0.25) is 0 Å². The molecule has 1 N–H and O–H groups in total. The molecule has 0 saturated carbocycles. The number of hydrogen-bond donors (Lipinski definition) is 1. The molecule has 4 heteroatoms. The molecule has 4 aromatic carbocycles. The molecule has 1 atom stereocenters. The monoisotopic (exact) mass is 351 g/mol. The summed E-state index contributed by atoms with van der Waals surface area (Å²) in [6, 6.07) is 29.3. The number of nitrogens with zero attached hydrogens (tertiary/aromatic N) is 3. The molecular formula is C23H17N3O. The molecule has 0 saturated heterocycles. The molecule has 5 rings (SSSR count). The molecular weight excluding hydrogens is 334 g/mol. The highest BCUT2D eigenvalue weighted by atomic mass is 16.3. The minimum atomic E-state index is -0.329. The van der Waals surface area contributed by atoms with Crippen LogP contribution in [0.3, 0.4) is 0 Å². The van der Waals surface area contributed by atoms with E-state index < -0.39 is 0 Å². The third kappa shape index (κ3) is 2.62. The van der Waals surface area contributed by atoms with Crippen molar-refractivity contribution in [1.29, 1.82) is 0 Å². The average Bonchev–Trinajstić information content (AvgIpc) is 3.14. The molecule has 27 heavy (non-hydrogen) atoms. The van der Waals surface area contributed by atoms with Crippen LogP contribution in [0.1, 0.15) is 17.2 Å². The van der Waals surface area contributed by atoms with Crippen molar-refractivity contribution in [2.45, 2.75) is 6.04 Å². The van der Waals surface area contributed by atoms with E-state index >= 15 is 0 Å². The summed E-state index contributed by atoms with van der Waals surface area (Å²) < 4.78 is 0. The molecule has 1 unspecified atom stereocenters. The number of hydrogen-bond acceptors (Lipinski definition) is 3. The molecule has 4 nitrogen and oxygen atoms in total. The highest BCUT2D eigenvalue weighted by Crippen LogP contribution is 2.37. The Kier molecular flexibility index (Phi) is 3.61. The van der Waals surface area contributed by atoms with Gasteiger partial charge in [-0.05, 0) is 34.5 Å². The molecule has 5 aromatic rings. The molecule has 0 radical (unpaired) electrons. The largest absolute Gasteiger partial charge is 0.508 e. The first-order chi connectivity index (χ1) is 13.3. The van der Waals surface area contributed by atoms with Gasteiger partial charge in [0.05, 0.1) is 0 Å². The Labute approximate surface area is 156 Å². The van der Waals surface area contributed by atoms with Gasteiger partial charge in [-0.2, -0.15) is 15.0 Å². The smallest absolute Gasteiger partial charge is 0.126 e. The molecule has 1 heterocycles. The van der Waals surface area contributed by atoms with E-state index in [-0.39, 0.29) is 11.8 Å². The summed E-state index contributed by atoms with van der Waals surface area (Å²) in [5, 5.41) is 22.3. The van der Waals surface area contributed by atoms with E-state index in [9.17, 15) is 5.11 Å². The fraction of sp³-hybridized carbons (Fsp3) is 0.0435. The zero-order valence-electron chi connectivity index (χ0n) is 14.5. The Bertz CT molecular complexity index is 1210. The molecule has 0 aliphatic carbocycles. The van der Waals surface area contributed by atoms with Gasteiger partial charge in [-0.15, -0.1) is 0 Å². The van der Waals surface area contributed by atoms with Crippen LogP contribution in [0.5, 0.6) is 5.75 Å². The SMILES string of the molecule is Oc1ccc2ccccc2c1C(c1ccccc1)n1nc2ccccc2n1. The van der Waals surface area contributed by atoms with Crippen LogP contribution in [-0.4, -0.2) is 20.1 Å². The minimum Gasteiger partial charge on any atom is -0.508 e. The molecule has 0 aliphatic rings. The van der Waals surface area contributed by atoms with E-state index in [1.165, 1.54) is 0 Å². The van der Waals surface area contributed by atoms with Crippen LogP contribution in [0.25, 0.3) is 21.8 Å². The molecule has 0 aliphatic heterocycles. The summed E-state index contributed by atoms with van der Waals surface area (Å²) in [5.41, 5.74) is 3.49. The second-order valence-electron chi connectivity index (χ2n) is 6.54. The minimum absolute atomic E-state index is 0.240. The first kappa shape index (κ1) is 15.6. The average molecular weight is 351 g/mol. The number of rotatable bonds is 3. The van der Waals surface area contributed by atoms with Gasteiger partial charge in [0.15, 0.2) is 0 Å². The summed E-state index contributed by atoms with van der Waals surface area (Å²) in [7, 11) is 0. The van der Waals surface area contributed by atoms with Crippen LogP contribution in [0, 0.1) is 0 Å². The number of aromatic hydroxyl groups is 1. The van der Waals surface area contributed by atoms with E-state index in [0.29, 0.717) is 0 Å². The molecule has 1 aromatic heterocycles. The van der Waals surface area contributed by atoms with Gasteiger partial charge in [-0.3, -0.25) is 0 Å². The molecule has 0 fully saturated rings. The second kappa shape index (κ2) is 6.25. The maximum absolute atomic E-state index is 10.8. The topological polar surface area (TPSA) is 50.9 Å². The summed E-state index contributed by atoms with van der Waals surface area (Å²) in [6.07, 6.45) is 0. The van der Waals surface area contributed by atoms with Gasteiger partial charge in [0, 0.05) is 5.56 Å². The standard InChI is InChI=1S/C23H17N3O/c27-21-15-14-16-8-4-5-11-18(16)22(21)23(17-9-2-1-3-10-17)26-24-19-12-6-7-13-20(19)25-26/h1-15,23,27H. The Hall–Kier alpha value is -3.66. The molecule has 130 valence electrons. The van der Waals surface area contributed by atoms with Crippen LogP contribution in [0.4, 0.5) is 0 Å². The van der Waals surface area contributed by atoms with E-state index in [0.717, 1.165) is 32.9 Å². The first-order valence-electron chi connectivity index (χ1n) is 8.88. The normalized spacial score (nSPS) is 12.4. The lowest BCUT2D eigenvalue weighted by atomic mass is 9.93. The van der Waals surface area contributed by atoms with Crippen LogP contribution in [0.15, 0.2) is 91.0 Å². The van der Waals surface area contributed by atoms with Gasteiger partial charge < -0.3 is 5.11 Å². The highest BCUT2D eigenvalue weighted by molar-refractivity contribution is 5.88. The third-order valence-corrected chi connectivity index (χ3v) is 4.87. The molecule has 0 amide bonds. The van der Waals surface area contributed by atoms with Gasteiger partial charge in [-0.25, -0.2) is 0 Å². The lowest BCUT2D eigenvalue weighted by Crippen LogP contribution is -2.16. The fourth-order valence-electron chi connectivity index (χ4n) is 3.61. The fourth-order valence-corrected chi connectivity index (χ4v) is 3.61. The third-order valence-electron chi connectivity index (χ3n) is 4.87. The van der Waals surface area contributed by atoms with Crippen LogP contribution < -0.4 is 0 Å². The van der Waals surface area contributed by atoms with Gasteiger partial charge in [0.25, 0.3) is 0 Å².